The average molecular weight is 325 g/mol. The Bertz CT molecular complexity index is 490. The zero-order valence-electron chi connectivity index (χ0n) is 14.0. The molecular weight excluding hydrogens is 298 g/mol. The van der Waals surface area contributed by atoms with Gasteiger partial charge in [0.1, 0.15) is 0 Å². The monoisotopic (exact) mass is 325 g/mol. The van der Waals surface area contributed by atoms with Crippen LogP contribution in [0.25, 0.3) is 0 Å². The molecule has 3 atom stereocenters. The highest BCUT2D eigenvalue weighted by Gasteiger charge is 2.26. The minimum absolute atomic E-state index is 0.0860. The minimum Gasteiger partial charge on any atom is -0.352 e. The predicted octanol–water partition coefficient (Wildman–Crippen LogP) is 2.50. The first-order chi connectivity index (χ1) is 10.5. The van der Waals surface area contributed by atoms with Crippen LogP contribution in [-0.4, -0.2) is 37.4 Å². The molecule has 2 rings (SSSR count). The number of aromatic nitrogens is 4. The highest BCUT2D eigenvalue weighted by atomic mass is 32.2. The van der Waals surface area contributed by atoms with E-state index in [1.54, 1.807) is 4.68 Å². The number of nitrogens with zero attached hydrogens (tertiary/aromatic N) is 4. The van der Waals surface area contributed by atoms with Gasteiger partial charge in [-0.3, -0.25) is 4.79 Å². The Hall–Kier alpha value is -1.11. The summed E-state index contributed by atoms with van der Waals surface area (Å²) in [7, 11) is 0. The van der Waals surface area contributed by atoms with Gasteiger partial charge in [0.15, 0.2) is 0 Å². The average Bonchev–Trinajstić information content (AvgIpc) is 2.87. The van der Waals surface area contributed by atoms with Crippen LogP contribution in [0.4, 0.5) is 0 Å². The lowest BCUT2D eigenvalue weighted by Gasteiger charge is -2.30. The summed E-state index contributed by atoms with van der Waals surface area (Å²) in [6.07, 6.45) is 4.79. The number of nitrogens with one attached hydrogen (secondary N) is 1. The zero-order valence-corrected chi connectivity index (χ0v) is 14.8. The van der Waals surface area contributed by atoms with Gasteiger partial charge in [-0.15, -0.1) is 5.10 Å². The fraction of sp³-hybridized carbons (Fsp3) is 0.867. The van der Waals surface area contributed by atoms with Gasteiger partial charge in [0.2, 0.25) is 11.1 Å². The number of carbonyl (C=O) groups is 1. The van der Waals surface area contributed by atoms with Crippen LogP contribution in [0.2, 0.25) is 0 Å². The summed E-state index contributed by atoms with van der Waals surface area (Å²) < 4.78 is 1.78. The van der Waals surface area contributed by atoms with Gasteiger partial charge in [-0.05, 0) is 42.0 Å². The van der Waals surface area contributed by atoms with E-state index in [4.69, 9.17) is 0 Å². The first-order valence-corrected chi connectivity index (χ1v) is 9.08. The first-order valence-electron chi connectivity index (χ1n) is 8.20. The molecule has 0 aromatic carbocycles. The van der Waals surface area contributed by atoms with Crippen molar-refractivity contribution in [2.24, 2.45) is 11.8 Å². The third-order valence-electron chi connectivity index (χ3n) is 4.13. The maximum Gasteiger partial charge on any atom is 0.233 e. The lowest BCUT2D eigenvalue weighted by atomic mass is 9.86. The molecule has 0 bridgehead atoms. The van der Waals surface area contributed by atoms with Crippen LogP contribution in [0.5, 0.6) is 0 Å². The van der Waals surface area contributed by atoms with E-state index in [0.29, 0.717) is 23.0 Å². The van der Waals surface area contributed by atoms with Gasteiger partial charge in [-0.1, -0.05) is 45.4 Å². The molecule has 1 amide bonds. The molecule has 0 spiro atoms. The van der Waals surface area contributed by atoms with E-state index >= 15 is 0 Å². The predicted molar refractivity (Wildman–Crippen MR) is 87.5 cm³/mol. The lowest BCUT2D eigenvalue weighted by molar-refractivity contribution is -0.121. The van der Waals surface area contributed by atoms with Crippen LogP contribution in [0.15, 0.2) is 5.16 Å². The highest BCUT2D eigenvalue weighted by molar-refractivity contribution is 8.00. The summed E-state index contributed by atoms with van der Waals surface area (Å²) in [5.74, 6) is 1.12. The van der Waals surface area contributed by atoms with Gasteiger partial charge in [-0.2, -0.15) is 0 Å². The molecule has 6 nitrogen and oxygen atoms in total. The van der Waals surface area contributed by atoms with Gasteiger partial charge < -0.3 is 5.32 Å². The number of carbonyl (C=O) groups excluding carboxylic acids is 1. The van der Waals surface area contributed by atoms with Gasteiger partial charge in [-0.25, -0.2) is 4.68 Å². The third kappa shape index (κ3) is 4.69. The molecule has 22 heavy (non-hydrogen) atoms. The SMILES string of the molecule is CC(C)Cn1nnnc1SC(C)C(=O)NC1CCCCC1C. The quantitative estimate of drug-likeness (QED) is 0.814. The summed E-state index contributed by atoms with van der Waals surface area (Å²) in [6, 6.07) is 0.316. The summed E-state index contributed by atoms with van der Waals surface area (Å²) in [4.78, 5) is 12.4. The molecule has 1 N–H and O–H groups in total. The topological polar surface area (TPSA) is 72.7 Å². The van der Waals surface area contributed by atoms with Crippen LogP contribution in [-0.2, 0) is 11.3 Å². The Morgan fingerprint density at radius 3 is 2.77 bits per heavy atom. The number of rotatable bonds is 6. The molecule has 1 saturated carbocycles. The summed E-state index contributed by atoms with van der Waals surface area (Å²) in [5.41, 5.74) is 0. The Labute approximate surface area is 136 Å². The van der Waals surface area contributed by atoms with Crippen molar-refractivity contribution >= 4 is 17.7 Å². The van der Waals surface area contributed by atoms with Gasteiger partial charge in [0.25, 0.3) is 0 Å². The maximum absolute atomic E-state index is 12.4. The normalized spacial score (nSPS) is 23.5. The molecule has 3 unspecified atom stereocenters. The molecule has 1 aliphatic carbocycles. The molecule has 1 aromatic rings. The van der Waals surface area contributed by atoms with E-state index < -0.39 is 0 Å². The molecule has 0 aliphatic heterocycles. The summed E-state index contributed by atoms with van der Waals surface area (Å²) >= 11 is 1.43. The van der Waals surface area contributed by atoms with Gasteiger partial charge >= 0.3 is 0 Å². The Morgan fingerprint density at radius 1 is 1.36 bits per heavy atom. The Kier molecular flexibility index (Phi) is 6.23. The van der Waals surface area contributed by atoms with Gasteiger partial charge in [0.05, 0.1) is 5.25 Å². The van der Waals surface area contributed by atoms with Crippen molar-refractivity contribution in [3.8, 4) is 0 Å². The molecule has 0 saturated heterocycles. The second-order valence-electron chi connectivity index (χ2n) is 6.67. The Balaban J connectivity index is 1.89. The van der Waals surface area contributed by atoms with Crippen molar-refractivity contribution in [1.29, 1.82) is 0 Å². The second-order valence-corrected chi connectivity index (χ2v) is 7.98. The van der Waals surface area contributed by atoms with Crippen molar-refractivity contribution in [3.05, 3.63) is 0 Å². The van der Waals surface area contributed by atoms with Crippen molar-refractivity contribution < 1.29 is 4.79 Å². The van der Waals surface area contributed by atoms with Crippen molar-refractivity contribution in [2.75, 3.05) is 0 Å². The largest absolute Gasteiger partial charge is 0.352 e. The number of hydrogen-bond donors (Lipinski definition) is 1. The fourth-order valence-electron chi connectivity index (χ4n) is 2.78. The van der Waals surface area contributed by atoms with E-state index in [2.05, 4.69) is 41.6 Å². The molecule has 124 valence electrons. The Morgan fingerprint density at radius 2 is 2.09 bits per heavy atom. The molecule has 1 fully saturated rings. The molecule has 1 aromatic heterocycles. The second kappa shape index (κ2) is 7.94. The van der Waals surface area contributed by atoms with E-state index in [1.165, 1.54) is 31.0 Å². The van der Waals surface area contributed by atoms with Crippen LogP contribution < -0.4 is 5.32 Å². The standard InChI is InChI=1S/C15H27N5OS/c1-10(2)9-20-15(17-18-19-20)22-12(4)14(21)16-13-8-6-5-7-11(13)3/h10-13H,5-9H2,1-4H3,(H,16,21). The molecule has 1 heterocycles. The van der Waals surface area contributed by atoms with E-state index in [0.717, 1.165) is 13.0 Å². The summed E-state index contributed by atoms with van der Waals surface area (Å²) in [6.45, 7) is 9.16. The minimum atomic E-state index is -0.189. The van der Waals surface area contributed by atoms with Crippen molar-refractivity contribution in [1.82, 2.24) is 25.5 Å². The number of thioether (sulfide) groups is 1. The molecule has 7 heteroatoms. The van der Waals surface area contributed by atoms with Crippen LogP contribution >= 0.6 is 11.8 Å². The lowest BCUT2D eigenvalue weighted by Crippen LogP contribution is -2.44. The van der Waals surface area contributed by atoms with Crippen LogP contribution in [0.3, 0.4) is 0 Å². The smallest absolute Gasteiger partial charge is 0.233 e. The van der Waals surface area contributed by atoms with E-state index in [-0.39, 0.29) is 11.2 Å². The maximum atomic E-state index is 12.4. The van der Waals surface area contributed by atoms with E-state index in [1.807, 2.05) is 6.92 Å². The zero-order chi connectivity index (χ0) is 16.1. The number of hydrogen-bond acceptors (Lipinski definition) is 5. The van der Waals surface area contributed by atoms with Gasteiger partial charge in [0, 0.05) is 12.6 Å². The van der Waals surface area contributed by atoms with Crippen LogP contribution in [0.1, 0.15) is 53.4 Å². The third-order valence-corrected chi connectivity index (χ3v) is 5.20. The number of amides is 1. The fourth-order valence-corrected chi connectivity index (χ4v) is 3.59. The molecule has 0 radical (unpaired) electrons. The molecular formula is C15H27N5OS. The highest BCUT2D eigenvalue weighted by Crippen LogP contribution is 2.25. The first kappa shape index (κ1) is 17.2. The van der Waals surface area contributed by atoms with Crippen molar-refractivity contribution in [2.45, 2.75) is 76.4 Å². The van der Waals surface area contributed by atoms with Crippen LogP contribution in [0, 0.1) is 11.8 Å². The molecule has 1 aliphatic rings. The van der Waals surface area contributed by atoms with E-state index in [9.17, 15) is 4.79 Å². The van der Waals surface area contributed by atoms with Crippen molar-refractivity contribution in [3.63, 3.8) is 0 Å². The summed E-state index contributed by atoms with van der Waals surface area (Å²) in [5, 5.41) is 15.5. The number of tetrazole rings is 1.